The molecule has 9 heteroatoms. The number of nitrogens with zero attached hydrogens (tertiary/aromatic N) is 2. The lowest BCUT2D eigenvalue weighted by molar-refractivity contribution is -0.134. The molecule has 3 aromatic rings. The number of benzene rings is 2. The molecule has 0 bridgehead atoms. The number of sulfonamides is 1. The van der Waals surface area contributed by atoms with Crippen molar-refractivity contribution in [1.29, 1.82) is 0 Å². The van der Waals surface area contributed by atoms with Crippen LogP contribution >= 0.6 is 11.3 Å². The first-order valence-electron chi connectivity index (χ1n) is 11.1. The van der Waals surface area contributed by atoms with Gasteiger partial charge in [-0.3, -0.25) is 9.59 Å². The number of aryl methyl sites for hydroxylation is 1. The zero-order valence-electron chi connectivity index (χ0n) is 18.9. The van der Waals surface area contributed by atoms with Gasteiger partial charge in [0.25, 0.3) is 5.91 Å². The van der Waals surface area contributed by atoms with E-state index in [1.54, 1.807) is 41.3 Å². The van der Waals surface area contributed by atoms with Gasteiger partial charge in [-0.1, -0.05) is 54.1 Å². The molecule has 1 N–H and O–H groups in total. The van der Waals surface area contributed by atoms with Crippen LogP contribution in [0.3, 0.4) is 0 Å². The first-order chi connectivity index (χ1) is 16.3. The van der Waals surface area contributed by atoms with Crippen molar-refractivity contribution in [2.45, 2.75) is 24.3 Å². The molecule has 2 heterocycles. The monoisotopic (exact) mass is 497 g/mol. The minimum Gasteiger partial charge on any atom is -0.339 e. The van der Waals surface area contributed by atoms with E-state index in [1.165, 1.54) is 15.6 Å². The highest BCUT2D eigenvalue weighted by Gasteiger charge is 2.33. The summed E-state index contributed by atoms with van der Waals surface area (Å²) < 4.78 is 27.4. The first-order valence-corrected chi connectivity index (χ1v) is 13.4. The maximum absolute atomic E-state index is 13.4. The molecular weight excluding hydrogens is 470 g/mol. The minimum absolute atomic E-state index is 0.207. The summed E-state index contributed by atoms with van der Waals surface area (Å²) in [6, 6.07) is 19.1. The molecule has 7 nitrogen and oxygen atoms in total. The van der Waals surface area contributed by atoms with Crippen molar-refractivity contribution < 1.29 is 18.0 Å². The van der Waals surface area contributed by atoms with Crippen molar-refractivity contribution in [3.05, 3.63) is 88.1 Å². The zero-order valence-corrected chi connectivity index (χ0v) is 20.5. The van der Waals surface area contributed by atoms with Crippen LogP contribution in [0.1, 0.15) is 20.8 Å². The SMILES string of the molecule is Cc1ccc(S(=O)(=O)N2CCN(C(=O)[C@@H](Cc3ccccc3)NC(=O)c3cccs3)CC2)cc1. The van der Waals surface area contributed by atoms with Crippen LogP contribution in [0.4, 0.5) is 0 Å². The third-order valence-corrected chi connectivity index (χ3v) is 8.62. The van der Waals surface area contributed by atoms with Gasteiger partial charge in [-0.05, 0) is 36.1 Å². The normalized spacial score (nSPS) is 15.6. The fourth-order valence-electron chi connectivity index (χ4n) is 3.92. The van der Waals surface area contributed by atoms with Crippen molar-refractivity contribution in [3.63, 3.8) is 0 Å². The maximum atomic E-state index is 13.4. The average molecular weight is 498 g/mol. The summed E-state index contributed by atoms with van der Waals surface area (Å²) in [6.07, 6.45) is 0.360. The van der Waals surface area contributed by atoms with Gasteiger partial charge in [0.15, 0.2) is 0 Å². The van der Waals surface area contributed by atoms with E-state index in [-0.39, 0.29) is 42.9 Å². The second kappa shape index (κ2) is 10.5. The van der Waals surface area contributed by atoms with Gasteiger partial charge in [0.2, 0.25) is 15.9 Å². The molecule has 0 radical (unpaired) electrons. The number of nitrogens with one attached hydrogen (secondary N) is 1. The topological polar surface area (TPSA) is 86.8 Å². The first kappa shape index (κ1) is 24.1. The molecule has 1 fully saturated rings. The number of carbonyl (C=O) groups excluding carboxylic acids is 2. The van der Waals surface area contributed by atoms with Crippen molar-refractivity contribution >= 4 is 33.2 Å². The maximum Gasteiger partial charge on any atom is 0.262 e. The van der Waals surface area contributed by atoms with Crippen molar-refractivity contribution in [2.24, 2.45) is 0 Å². The molecule has 1 aliphatic rings. The van der Waals surface area contributed by atoms with Crippen LogP contribution < -0.4 is 5.32 Å². The molecule has 4 rings (SSSR count). The van der Waals surface area contributed by atoms with E-state index in [9.17, 15) is 18.0 Å². The van der Waals surface area contributed by atoms with Crippen molar-refractivity contribution in [1.82, 2.24) is 14.5 Å². The van der Waals surface area contributed by atoms with Gasteiger partial charge in [-0.15, -0.1) is 11.3 Å². The van der Waals surface area contributed by atoms with Crippen LogP contribution in [0.15, 0.2) is 77.0 Å². The summed E-state index contributed by atoms with van der Waals surface area (Å²) in [4.78, 5) is 28.6. The summed E-state index contributed by atoms with van der Waals surface area (Å²) in [5.41, 5.74) is 1.93. The Morgan fingerprint density at radius 1 is 0.941 bits per heavy atom. The number of rotatable bonds is 7. The summed E-state index contributed by atoms with van der Waals surface area (Å²) >= 11 is 1.32. The molecule has 0 unspecified atom stereocenters. The van der Waals surface area contributed by atoms with Gasteiger partial charge in [0, 0.05) is 32.6 Å². The fraction of sp³-hybridized carbons (Fsp3) is 0.280. The minimum atomic E-state index is -3.62. The molecule has 178 valence electrons. The van der Waals surface area contributed by atoms with E-state index in [4.69, 9.17) is 0 Å². The zero-order chi connectivity index (χ0) is 24.1. The van der Waals surface area contributed by atoms with E-state index >= 15 is 0 Å². The summed E-state index contributed by atoms with van der Waals surface area (Å²) in [6.45, 7) is 2.86. The summed E-state index contributed by atoms with van der Waals surface area (Å²) in [5.74, 6) is -0.494. The van der Waals surface area contributed by atoms with Gasteiger partial charge in [-0.25, -0.2) is 8.42 Å². The Morgan fingerprint density at radius 3 is 2.24 bits per heavy atom. The summed E-state index contributed by atoms with van der Waals surface area (Å²) in [5, 5.41) is 4.70. The van der Waals surface area contributed by atoms with Gasteiger partial charge in [0.05, 0.1) is 9.77 Å². The predicted molar refractivity (Wildman–Crippen MR) is 132 cm³/mol. The lowest BCUT2D eigenvalue weighted by Crippen LogP contribution is -2.56. The molecule has 0 spiro atoms. The van der Waals surface area contributed by atoms with E-state index < -0.39 is 16.1 Å². The quantitative estimate of drug-likeness (QED) is 0.544. The van der Waals surface area contributed by atoms with Crippen LogP contribution in [0, 0.1) is 6.92 Å². The Kier molecular flexibility index (Phi) is 7.45. The molecule has 1 aliphatic heterocycles. The highest BCUT2D eigenvalue weighted by Crippen LogP contribution is 2.19. The van der Waals surface area contributed by atoms with Gasteiger partial charge >= 0.3 is 0 Å². The Hall–Kier alpha value is -3.01. The third kappa shape index (κ3) is 5.55. The number of hydrogen-bond donors (Lipinski definition) is 1. The molecule has 2 amide bonds. The van der Waals surface area contributed by atoms with Gasteiger partial charge in [-0.2, -0.15) is 4.31 Å². The van der Waals surface area contributed by atoms with Gasteiger partial charge < -0.3 is 10.2 Å². The number of carbonyl (C=O) groups is 2. The third-order valence-electron chi connectivity index (χ3n) is 5.84. The van der Waals surface area contributed by atoms with E-state index in [0.29, 0.717) is 11.3 Å². The number of thiophene rings is 1. The number of piperazine rings is 1. The van der Waals surface area contributed by atoms with E-state index in [0.717, 1.165) is 11.1 Å². The molecular formula is C25H27N3O4S2. The smallest absolute Gasteiger partial charge is 0.262 e. The molecule has 1 atom stereocenters. The van der Waals surface area contributed by atoms with Gasteiger partial charge in [0.1, 0.15) is 6.04 Å². The molecule has 1 aromatic heterocycles. The summed E-state index contributed by atoms with van der Waals surface area (Å²) in [7, 11) is -3.62. The second-order valence-electron chi connectivity index (χ2n) is 8.24. The molecule has 0 aliphatic carbocycles. The van der Waals surface area contributed by atoms with E-state index in [2.05, 4.69) is 5.32 Å². The highest BCUT2D eigenvalue weighted by atomic mass is 32.2. The van der Waals surface area contributed by atoms with Crippen LogP contribution in [0.25, 0.3) is 0 Å². The fourth-order valence-corrected chi connectivity index (χ4v) is 5.96. The predicted octanol–water partition coefficient (Wildman–Crippen LogP) is 2.93. The van der Waals surface area contributed by atoms with Crippen LogP contribution in [-0.4, -0.2) is 61.7 Å². The lowest BCUT2D eigenvalue weighted by Gasteiger charge is -2.36. The van der Waals surface area contributed by atoms with Crippen molar-refractivity contribution in [3.8, 4) is 0 Å². The van der Waals surface area contributed by atoms with Crippen LogP contribution in [-0.2, 0) is 21.2 Å². The van der Waals surface area contributed by atoms with Crippen molar-refractivity contribution in [2.75, 3.05) is 26.2 Å². The number of hydrogen-bond acceptors (Lipinski definition) is 5. The average Bonchev–Trinajstić information content (AvgIpc) is 3.39. The standard InChI is InChI=1S/C25H27N3O4S2/c1-19-9-11-21(12-10-19)34(31,32)28-15-13-27(14-16-28)25(30)22(18-20-6-3-2-4-7-20)26-24(29)23-8-5-17-33-23/h2-12,17,22H,13-16,18H2,1H3,(H,26,29)/t22-/m1/s1. The Bertz CT molecular complexity index is 1220. The molecule has 1 saturated heterocycles. The van der Waals surface area contributed by atoms with Crippen LogP contribution in [0.5, 0.6) is 0 Å². The molecule has 0 saturated carbocycles. The number of amides is 2. The van der Waals surface area contributed by atoms with Crippen LogP contribution in [0.2, 0.25) is 0 Å². The molecule has 34 heavy (non-hydrogen) atoms. The largest absolute Gasteiger partial charge is 0.339 e. The van der Waals surface area contributed by atoms with E-state index in [1.807, 2.05) is 42.6 Å². The Balaban J connectivity index is 1.45. The molecule has 2 aromatic carbocycles. The highest BCUT2D eigenvalue weighted by molar-refractivity contribution is 7.89. The second-order valence-corrected chi connectivity index (χ2v) is 11.1. The Labute approximate surface area is 204 Å². The Morgan fingerprint density at radius 2 is 1.62 bits per heavy atom. The lowest BCUT2D eigenvalue weighted by atomic mass is 10.0.